The monoisotopic (exact) mass is 318 g/mol. The molecule has 0 radical (unpaired) electrons. The predicted molar refractivity (Wildman–Crippen MR) is 101 cm³/mol. The van der Waals surface area contributed by atoms with Gasteiger partial charge >= 0.3 is 0 Å². The molecule has 0 aliphatic carbocycles. The standard InChI is InChI=1S/C21H22N2O/c1-21(2,3)16-10-7-15(8-11-16)9-12-20(24)23-19-6-4-5-18-17(19)13-14-22-18/h4-14,22H,1-3H3,(H,23,24). The van der Waals surface area contributed by atoms with E-state index in [9.17, 15) is 4.79 Å². The summed E-state index contributed by atoms with van der Waals surface area (Å²) in [7, 11) is 0. The fourth-order valence-electron chi connectivity index (χ4n) is 2.63. The molecular weight excluding hydrogens is 296 g/mol. The molecule has 3 heteroatoms. The van der Waals surface area contributed by atoms with E-state index in [1.807, 2.05) is 48.7 Å². The highest BCUT2D eigenvalue weighted by Crippen LogP contribution is 2.23. The molecule has 3 rings (SSSR count). The largest absolute Gasteiger partial charge is 0.361 e. The van der Waals surface area contributed by atoms with Crippen LogP contribution in [0, 0.1) is 0 Å². The highest BCUT2D eigenvalue weighted by atomic mass is 16.1. The van der Waals surface area contributed by atoms with Crippen molar-refractivity contribution in [1.82, 2.24) is 4.98 Å². The molecule has 0 aliphatic rings. The molecule has 0 aliphatic heterocycles. The van der Waals surface area contributed by atoms with Crippen LogP contribution in [0.2, 0.25) is 0 Å². The fourth-order valence-corrected chi connectivity index (χ4v) is 2.63. The molecule has 1 heterocycles. The lowest BCUT2D eigenvalue weighted by Gasteiger charge is -2.18. The Hall–Kier alpha value is -2.81. The maximum atomic E-state index is 12.2. The number of aromatic amines is 1. The smallest absolute Gasteiger partial charge is 0.248 e. The Morgan fingerprint density at radius 3 is 2.50 bits per heavy atom. The molecule has 0 spiro atoms. The summed E-state index contributed by atoms with van der Waals surface area (Å²) < 4.78 is 0. The molecule has 3 nitrogen and oxygen atoms in total. The van der Waals surface area contributed by atoms with Crippen molar-refractivity contribution in [2.45, 2.75) is 26.2 Å². The van der Waals surface area contributed by atoms with Crippen LogP contribution in [0.25, 0.3) is 17.0 Å². The molecule has 24 heavy (non-hydrogen) atoms. The van der Waals surface area contributed by atoms with E-state index < -0.39 is 0 Å². The summed E-state index contributed by atoms with van der Waals surface area (Å²) in [5.74, 6) is -0.136. The Kier molecular flexibility index (Phi) is 4.26. The third-order valence-electron chi connectivity index (χ3n) is 4.06. The Bertz CT molecular complexity index is 880. The molecule has 2 aromatic carbocycles. The summed E-state index contributed by atoms with van der Waals surface area (Å²) in [5, 5.41) is 3.94. The average Bonchev–Trinajstić information content (AvgIpc) is 3.02. The maximum absolute atomic E-state index is 12.2. The van der Waals surface area contributed by atoms with E-state index in [1.165, 1.54) is 5.56 Å². The van der Waals surface area contributed by atoms with Gasteiger partial charge in [-0.25, -0.2) is 0 Å². The fraction of sp³-hybridized carbons (Fsp3) is 0.190. The number of aromatic nitrogens is 1. The predicted octanol–water partition coefficient (Wildman–Crippen LogP) is 5.12. The SMILES string of the molecule is CC(C)(C)c1ccc(C=CC(=O)Nc2cccc3[nH]ccc23)cc1. The van der Waals surface area contributed by atoms with Crippen molar-refractivity contribution in [3.8, 4) is 0 Å². The van der Waals surface area contributed by atoms with Gasteiger partial charge in [0.2, 0.25) is 5.91 Å². The van der Waals surface area contributed by atoms with Crippen molar-refractivity contribution >= 4 is 28.6 Å². The summed E-state index contributed by atoms with van der Waals surface area (Å²) in [4.78, 5) is 15.3. The highest BCUT2D eigenvalue weighted by molar-refractivity contribution is 6.07. The highest BCUT2D eigenvalue weighted by Gasteiger charge is 2.12. The molecule has 1 amide bonds. The van der Waals surface area contributed by atoms with E-state index in [-0.39, 0.29) is 11.3 Å². The Morgan fingerprint density at radius 2 is 1.79 bits per heavy atom. The van der Waals surface area contributed by atoms with Crippen LogP contribution in [-0.4, -0.2) is 10.9 Å². The third kappa shape index (κ3) is 3.57. The zero-order chi connectivity index (χ0) is 17.2. The van der Waals surface area contributed by atoms with Gasteiger partial charge in [-0.2, -0.15) is 0 Å². The number of anilines is 1. The Balaban J connectivity index is 1.70. The van der Waals surface area contributed by atoms with Crippen LogP contribution in [0.3, 0.4) is 0 Å². The molecular formula is C21H22N2O. The van der Waals surface area contributed by atoms with Gasteiger partial charge in [0.1, 0.15) is 0 Å². The van der Waals surface area contributed by atoms with E-state index >= 15 is 0 Å². The number of amides is 1. The van der Waals surface area contributed by atoms with Crippen LogP contribution in [0.5, 0.6) is 0 Å². The molecule has 122 valence electrons. The van der Waals surface area contributed by atoms with Crippen molar-refractivity contribution in [2.75, 3.05) is 5.32 Å². The van der Waals surface area contributed by atoms with Gasteiger partial charge in [0.15, 0.2) is 0 Å². The van der Waals surface area contributed by atoms with Crippen molar-refractivity contribution in [2.24, 2.45) is 0 Å². The second-order valence-corrected chi connectivity index (χ2v) is 6.94. The zero-order valence-electron chi connectivity index (χ0n) is 14.3. The van der Waals surface area contributed by atoms with Gasteiger partial charge in [0.25, 0.3) is 0 Å². The molecule has 0 atom stereocenters. The van der Waals surface area contributed by atoms with Crippen molar-refractivity contribution in [1.29, 1.82) is 0 Å². The van der Waals surface area contributed by atoms with Crippen LogP contribution < -0.4 is 5.32 Å². The van der Waals surface area contributed by atoms with Crippen LogP contribution in [0.1, 0.15) is 31.9 Å². The zero-order valence-corrected chi connectivity index (χ0v) is 14.3. The van der Waals surface area contributed by atoms with Crippen LogP contribution in [-0.2, 0) is 10.2 Å². The van der Waals surface area contributed by atoms with Gasteiger partial charge in [0.05, 0.1) is 5.69 Å². The topological polar surface area (TPSA) is 44.9 Å². The summed E-state index contributed by atoms with van der Waals surface area (Å²) in [5.41, 5.74) is 4.25. The van der Waals surface area contributed by atoms with E-state index in [1.54, 1.807) is 6.08 Å². The number of H-pyrrole nitrogens is 1. The van der Waals surface area contributed by atoms with E-state index in [0.717, 1.165) is 22.2 Å². The minimum atomic E-state index is -0.136. The average molecular weight is 318 g/mol. The van der Waals surface area contributed by atoms with Gasteiger partial charge in [-0.3, -0.25) is 4.79 Å². The number of hydrogen-bond acceptors (Lipinski definition) is 1. The lowest BCUT2D eigenvalue weighted by Crippen LogP contribution is -2.10. The van der Waals surface area contributed by atoms with Gasteiger partial charge in [0, 0.05) is 23.2 Å². The number of carbonyl (C=O) groups is 1. The minimum absolute atomic E-state index is 0.134. The lowest BCUT2D eigenvalue weighted by molar-refractivity contribution is -0.111. The first kappa shape index (κ1) is 16.1. The van der Waals surface area contributed by atoms with Gasteiger partial charge in [-0.15, -0.1) is 0 Å². The molecule has 2 N–H and O–H groups in total. The van der Waals surface area contributed by atoms with Crippen molar-refractivity contribution in [3.63, 3.8) is 0 Å². The van der Waals surface area contributed by atoms with E-state index in [2.05, 4.69) is 43.2 Å². The van der Waals surface area contributed by atoms with Gasteiger partial charge in [-0.1, -0.05) is 51.1 Å². The molecule has 0 saturated carbocycles. The Labute approximate surface area is 142 Å². The van der Waals surface area contributed by atoms with Gasteiger partial charge in [-0.05, 0) is 40.8 Å². The first-order chi connectivity index (χ1) is 11.4. The molecule has 0 bridgehead atoms. The quantitative estimate of drug-likeness (QED) is 0.647. The number of hydrogen-bond donors (Lipinski definition) is 2. The summed E-state index contributed by atoms with van der Waals surface area (Å²) >= 11 is 0. The second-order valence-electron chi connectivity index (χ2n) is 6.94. The third-order valence-corrected chi connectivity index (χ3v) is 4.06. The number of benzene rings is 2. The molecule has 0 unspecified atom stereocenters. The molecule has 0 fully saturated rings. The first-order valence-corrected chi connectivity index (χ1v) is 8.09. The molecule has 0 saturated heterocycles. The first-order valence-electron chi connectivity index (χ1n) is 8.09. The second kappa shape index (κ2) is 6.36. The van der Waals surface area contributed by atoms with Crippen LogP contribution in [0.15, 0.2) is 60.8 Å². The Morgan fingerprint density at radius 1 is 1.04 bits per heavy atom. The molecule has 1 aromatic heterocycles. The number of rotatable bonds is 3. The van der Waals surface area contributed by atoms with E-state index in [4.69, 9.17) is 0 Å². The van der Waals surface area contributed by atoms with Crippen LogP contribution >= 0.6 is 0 Å². The maximum Gasteiger partial charge on any atom is 0.248 e. The number of nitrogens with one attached hydrogen (secondary N) is 2. The normalized spacial score (nSPS) is 12.0. The number of fused-ring (bicyclic) bond motifs is 1. The van der Waals surface area contributed by atoms with Crippen molar-refractivity contribution < 1.29 is 4.79 Å². The van der Waals surface area contributed by atoms with Gasteiger partial charge < -0.3 is 10.3 Å². The van der Waals surface area contributed by atoms with Crippen LogP contribution in [0.4, 0.5) is 5.69 Å². The summed E-state index contributed by atoms with van der Waals surface area (Å²) in [6.45, 7) is 6.56. The lowest BCUT2D eigenvalue weighted by atomic mass is 9.87. The van der Waals surface area contributed by atoms with Crippen molar-refractivity contribution in [3.05, 3.63) is 71.9 Å². The molecule has 3 aromatic rings. The summed E-state index contributed by atoms with van der Waals surface area (Å²) in [6, 6.07) is 16.1. The minimum Gasteiger partial charge on any atom is -0.361 e. The van der Waals surface area contributed by atoms with E-state index in [0.29, 0.717) is 0 Å². The summed E-state index contributed by atoms with van der Waals surface area (Å²) in [6.07, 6.45) is 5.27. The number of carbonyl (C=O) groups excluding carboxylic acids is 1.